The second-order valence-corrected chi connectivity index (χ2v) is 9.53. The Morgan fingerprint density at radius 1 is 0.968 bits per heavy atom. The number of rotatable bonds is 5. The van der Waals surface area contributed by atoms with E-state index in [1.807, 2.05) is 0 Å². The zero-order valence-electron chi connectivity index (χ0n) is 15.7. The van der Waals surface area contributed by atoms with Gasteiger partial charge >= 0.3 is 6.18 Å². The summed E-state index contributed by atoms with van der Waals surface area (Å²) in [6.07, 6.45) is -3.34. The van der Waals surface area contributed by atoms with Crippen LogP contribution in [-0.4, -0.2) is 13.4 Å². The van der Waals surface area contributed by atoms with Crippen LogP contribution in [0.4, 0.5) is 22.6 Å². The topological polar surface area (TPSA) is 50.3 Å². The first-order valence-corrected chi connectivity index (χ1v) is 11.2. The van der Waals surface area contributed by atoms with E-state index < -0.39 is 34.1 Å². The molecule has 160 valence electrons. The fourth-order valence-electron chi connectivity index (χ4n) is 3.03. The fourth-order valence-corrected chi connectivity index (χ4v) is 5.73. The quantitative estimate of drug-likeness (QED) is 0.347. The SMILES string of the molecule is O=S(=O)(c1ccccc1)N(Cc1ccc(F)c(C(F)(F)F)c1)c1cc2ncccc2s1. The molecule has 0 atom stereocenters. The molecule has 0 radical (unpaired) electrons. The molecule has 0 N–H and O–H groups in total. The molecule has 4 nitrogen and oxygen atoms in total. The number of anilines is 1. The largest absolute Gasteiger partial charge is 0.419 e. The average Bonchev–Trinajstić information content (AvgIpc) is 3.16. The Morgan fingerprint density at radius 3 is 2.39 bits per heavy atom. The minimum atomic E-state index is -4.90. The molecule has 10 heteroatoms. The summed E-state index contributed by atoms with van der Waals surface area (Å²) in [5, 5.41) is 0.287. The summed E-state index contributed by atoms with van der Waals surface area (Å²) in [5.41, 5.74) is -0.885. The number of halogens is 4. The molecule has 0 spiro atoms. The number of benzene rings is 2. The summed E-state index contributed by atoms with van der Waals surface area (Å²) in [7, 11) is -4.12. The van der Waals surface area contributed by atoms with Crippen molar-refractivity contribution >= 4 is 36.6 Å². The van der Waals surface area contributed by atoms with Crippen LogP contribution < -0.4 is 4.31 Å². The lowest BCUT2D eigenvalue weighted by molar-refractivity contribution is -0.140. The smallest absolute Gasteiger partial charge is 0.255 e. The minimum absolute atomic E-state index is 0.00125. The number of hydrogen-bond acceptors (Lipinski definition) is 4. The van der Waals surface area contributed by atoms with Crippen LogP contribution in [-0.2, 0) is 22.7 Å². The molecule has 2 heterocycles. The lowest BCUT2D eigenvalue weighted by Crippen LogP contribution is -2.30. The maximum absolute atomic E-state index is 13.7. The second-order valence-electron chi connectivity index (χ2n) is 6.61. The molecule has 0 fully saturated rings. The van der Waals surface area contributed by atoms with E-state index in [4.69, 9.17) is 0 Å². The third kappa shape index (κ3) is 4.26. The molecule has 0 aliphatic carbocycles. The van der Waals surface area contributed by atoms with E-state index in [1.54, 1.807) is 42.6 Å². The number of alkyl halides is 3. The number of nitrogens with zero attached hydrogens (tertiary/aromatic N) is 2. The van der Waals surface area contributed by atoms with Gasteiger partial charge in [0.1, 0.15) is 10.8 Å². The highest BCUT2D eigenvalue weighted by Crippen LogP contribution is 2.37. The highest BCUT2D eigenvalue weighted by atomic mass is 32.2. The zero-order valence-corrected chi connectivity index (χ0v) is 17.3. The summed E-state index contributed by atoms with van der Waals surface area (Å²) >= 11 is 1.15. The van der Waals surface area contributed by atoms with Crippen LogP contribution in [0.2, 0.25) is 0 Å². The molecule has 0 bridgehead atoms. The zero-order chi connectivity index (χ0) is 22.2. The van der Waals surface area contributed by atoms with E-state index in [0.29, 0.717) is 17.6 Å². The maximum Gasteiger partial charge on any atom is 0.419 e. The molecule has 0 saturated carbocycles. The average molecular weight is 466 g/mol. The highest BCUT2D eigenvalue weighted by Gasteiger charge is 2.35. The van der Waals surface area contributed by atoms with E-state index in [-0.39, 0.29) is 15.5 Å². The van der Waals surface area contributed by atoms with E-state index in [0.717, 1.165) is 26.4 Å². The van der Waals surface area contributed by atoms with Crippen molar-refractivity contribution in [2.45, 2.75) is 17.6 Å². The maximum atomic E-state index is 13.7. The van der Waals surface area contributed by atoms with Crippen molar-refractivity contribution in [2.24, 2.45) is 0 Å². The molecule has 0 aliphatic rings. The monoisotopic (exact) mass is 466 g/mol. The first-order valence-electron chi connectivity index (χ1n) is 8.94. The van der Waals surface area contributed by atoms with Gasteiger partial charge in [-0.1, -0.05) is 24.3 Å². The van der Waals surface area contributed by atoms with Crippen molar-refractivity contribution in [1.29, 1.82) is 0 Å². The van der Waals surface area contributed by atoms with Gasteiger partial charge in [-0.3, -0.25) is 9.29 Å². The van der Waals surface area contributed by atoms with Gasteiger partial charge in [-0.2, -0.15) is 13.2 Å². The second kappa shape index (κ2) is 7.93. The van der Waals surface area contributed by atoms with Crippen molar-refractivity contribution in [3.63, 3.8) is 0 Å². The lowest BCUT2D eigenvalue weighted by atomic mass is 10.1. The fraction of sp³-hybridized carbons (Fsp3) is 0.0952. The number of fused-ring (bicyclic) bond motifs is 1. The Labute approximate surface area is 179 Å². The van der Waals surface area contributed by atoms with Crippen LogP contribution in [0.5, 0.6) is 0 Å². The first-order chi connectivity index (χ1) is 14.7. The summed E-state index contributed by atoms with van der Waals surface area (Å²) in [6, 6.07) is 15.1. The predicted molar refractivity (Wildman–Crippen MR) is 111 cm³/mol. The third-order valence-electron chi connectivity index (χ3n) is 4.51. The minimum Gasteiger partial charge on any atom is -0.255 e. The number of hydrogen-bond donors (Lipinski definition) is 0. The van der Waals surface area contributed by atoms with Gasteiger partial charge < -0.3 is 0 Å². The van der Waals surface area contributed by atoms with Crippen LogP contribution in [0.1, 0.15) is 11.1 Å². The van der Waals surface area contributed by atoms with Crippen molar-refractivity contribution in [3.05, 3.63) is 89.9 Å². The van der Waals surface area contributed by atoms with Crippen molar-refractivity contribution in [2.75, 3.05) is 4.31 Å². The Hall–Kier alpha value is -2.98. The molecule has 0 saturated heterocycles. The highest BCUT2D eigenvalue weighted by molar-refractivity contribution is 7.93. The third-order valence-corrected chi connectivity index (χ3v) is 7.52. The van der Waals surface area contributed by atoms with E-state index in [1.165, 1.54) is 12.1 Å². The summed E-state index contributed by atoms with van der Waals surface area (Å²) in [5.74, 6) is -1.42. The Kier molecular flexibility index (Phi) is 5.44. The molecule has 2 aromatic heterocycles. The molecule has 0 aliphatic heterocycles. The molecule has 4 aromatic rings. The van der Waals surface area contributed by atoms with Gasteiger partial charge in [-0.15, -0.1) is 11.3 Å². The van der Waals surface area contributed by atoms with Gasteiger partial charge in [-0.25, -0.2) is 12.8 Å². The molecule has 31 heavy (non-hydrogen) atoms. The molecule has 0 amide bonds. The van der Waals surface area contributed by atoms with Crippen LogP contribution in [0.3, 0.4) is 0 Å². The van der Waals surface area contributed by atoms with Crippen LogP contribution in [0.15, 0.2) is 77.8 Å². The van der Waals surface area contributed by atoms with Gasteiger partial charge in [0, 0.05) is 6.20 Å². The number of thiophene rings is 1. The van der Waals surface area contributed by atoms with Crippen molar-refractivity contribution in [1.82, 2.24) is 4.98 Å². The first kappa shape index (κ1) is 21.3. The lowest BCUT2D eigenvalue weighted by Gasteiger charge is -2.23. The molecular formula is C21H14F4N2O2S2. The van der Waals surface area contributed by atoms with E-state index in [2.05, 4.69) is 4.98 Å². The Balaban J connectivity index is 1.84. The van der Waals surface area contributed by atoms with Crippen LogP contribution >= 0.6 is 11.3 Å². The summed E-state index contributed by atoms with van der Waals surface area (Å²) < 4.78 is 81.7. The number of pyridine rings is 1. The normalized spacial score (nSPS) is 12.3. The molecular weight excluding hydrogens is 452 g/mol. The summed E-state index contributed by atoms with van der Waals surface area (Å²) in [4.78, 5) is 4.18. The van der Waals surface area contributed by atoms with Gasteiger partial charge in [-0.05, 0) is 48.0 Å². The van der Waals surface area contributed by atoms with E-state index in [9.17, 15) is 26.0 Å². The standard InChI is InChI=1S/C21H14F4N2O2S2/c22-17-9-8-14(11-16(17)21(23,24)25)13-27(31(28,29)15-5-2-1-3-6-15)20-12-18-19(30-20)7-4-10-26-18/h1-12H,13H2. The predicted octanol–water partition coefficient (Wildman–Crippen LogP) is 5.85. The van der Waals surface area contributed by atoms with Gasteiger partial charge in [0.15, 0.2) is 0 Å². The number of aromatic nitrogens is 1. The van der Waals surface area contributed by atoms with Crippen molar-refractivity contribution in [3.8, 4) is 0 Å². The van der Waals surface area contributed by atoms with Gasteiger partial charge in [0.25, 0.3) is 10.0 Å². The van der Waals surface area contributed by atoms with Gasteiger partial charge in [0.05, 0.1) is 27.2 Å². The van der Waals surface area contributed by atoms with Crippen molar-refractivity contribution < 1.29 is 26.0 Å². The van der Waals surface area contributed by atoms with Crippen LogP contribution in [0.25, 0.3) is 10.2 Å². The van der Waals surface area contributed by atoms with E-state index >= 15 is 0 Å². The molecule has 2 aromatic carbocycles. The Bertz CT molecular complexity index is 1300. The van der Waals surface area contributed by atoms with Gasteiger partial charge in [0.2, 0.25) is 0 Å². The summed E-state index contributed by atoms with van der Waals surface area (Å²) in [6.45, 7) is -0.409. The Morgan fingerprint density at radius 2 is 1.71 bits per heavy atom. The number of sulfonamides is 1. The molecule has 4 rings (SSSR count). The van der Waals surface area contributed by atoms with Crippen LogP contribution in [0, 0.1) is 5.82 Å². The molecule has 0 unspecified atom stereocenters.